The standard InChI is InChI=1S/C24H19ClN6O6S/c1-15-19(23(25)30(28-15)16-7-3-2-4-8-16)14-26-27-21-12-11-17(13-22(21)31(34)35)38(36,37)29-20-10-6-5-9-18(20)24(32)33/h2-14,27,29H,1H3,(H,32,33). The average Bonchev–Trinajstić information content (AvgIpc) is 3.17. The van der Waals surface area contributed by atoms with E-state index in [1.54, 1.807) is 6.92 Å². The number of hydrogen-bond acceptors (Lipinski definition) is 8. The van der Waals surface area contributed by atoms with Gasteiger partial charge in [-0.2, -0.15) is 10.2 Å². The summed E-state index contributed by atoms with van der Waals surface area (Å²) in [6.07, 6.45) is 1.35. The smallest absolute Gasteiger partial charge is 0.337 e. The van der Waals surface area contributed by atoms with E-state index in [9.17, 15) is 28.4 Å². The van der Waals surface area contributed by atoms with Crippen LogP contribution in [0.15, 0.2) is 82.8 Å². The fraction of sp³-hybridized carbons (Fsp3) is 0.0417. The Morgan fingerprint density at radius 2 is 1.79 bits per heavy atom. The van der Waals surface area contributed by atoms with Gasteiger partial charge in [0.1, 0.15) is 10.8 Å². The zero-order valence-electron chi connectivity index (χ0n) is 19.6. The maximum atomic E-state index is 12.9. The predicted molar refractivity (Wildman–Crippen MR) is 142 cm³/mol. The first kappa shape index (κ1) is 26.3. The molecule has 0 aliphatic rings. The maximum Gasteiger partial charge on any atom is 0.337 e. The first-order valence-electron chi connectivity index (χ1n) is 10.8. The molecule has 0 saturated carbocycles. The van der Waals surface area contributed by atoms with E-state index in [0.717, 1.165) is 17.8 Å². The molecule has 14 heteroatoms. The van der Waals surface area contributed by atoms with Crippen molar-refractivity contribution in [2.45, 2.75) is 11.8 Å². The zero-order valence-corrected chi connectivity index (χ0v) is 21.1. The number of halogens is 1. The number of hydrogen-bond donors (Lipinski definition) is 3. The molecule has 3 N–H and O–H groups in total. The fourth-order valence-corrected chi connectivity index (χ4v) is 4.87. The van der Waals surface area contributed by atoms with Crippen LogP contribution < -0.4 is 10.1 Å². The van der Waals surface area contributed by atoms with Crippen LogP contribution in [0.1, 0.15) is 21.6 Å². The van der Waals surface area contributed by atoms with Gasteiger partial charge in [0.15, 0.2) is 0 Å². The summed E-state index contributed by atoms with van der Waals surface area (Å²) in [6.45, 7) is 1.73. The average molecular weight is 555 g/mol. The van der Waals surface area contributed by atoms with Gasteiger partial charge in [-0.1, -0.05) is 41.9 Å². The topological polar surface area (TPSA) is 169 Å². The van der Waals surface area contributed by atoms with Gasteiger partial charge in [0.2, 0.25) is 0 Å². The minimum atomic E-state index is -4.35. The summed E-state index contributed by atoms with van der Waals surface area (Å²) in [5.74, 6) is -1.34. The molecule has 0 spiro atoms. The summed E-state index contributed by atoms with van der Waals surface area (Å²) < 4.78 is 29.4. The molecule has 0 unspecified atom stereocenters. The Hall–Kier alpha value is -4.75. The van der Waals surface area contributed by atoms with E-state index >= 15 is 0 Å². The summed E-state index contributed by atoms with van der Waals surface area (Å²) in [5.41, 5.74) is 3.20. The van der Waals surface area contributed by atoms with Crippen molar-refractivity contribution in [1.29, 1.82) is 0 Å². The number of hydrazone groups is 1. The lowest BCUT2D eigenvalue weighted by atomic mass is 10.2. The van der Waals surface area contributed by atoms with Crippen LogP contribution in [0.5, 0.6) is 0 Å². The van der Waals surface area contributed by atoms with Crippen molar-refractivity contribution < 1.29 is 23.2 Å². The molecule has 0 amide bonds. The number of nitro groups is 1. The lowest BCUT2D eigenvalue weighted by Gasteiger charge is -2.11. The van der Waals surface area contributed by atoms with Crippen molar-refractivity contribution in [3.05, 3.63) is 105 Å². The van der Waals surface area contributed by atoms with Crippen LogP contribution in [0, 0.1) is 17.0 Å². The van der Waals surface area contributed by atoms with Crippen LogP contribution in [0.3, 0.4) is 0 Å². The number of sulfonamides is 1. The van der Waals surface area contributed by atoms with Gasteiger partial charge in [-0.3, -0.25) is 20.3 Å². The van der Waals surface area contributed by atoms with Gasteiger partial charge in [0.25, 0.3) is 15.7 Å². The number of carboxylic acids is 1. The third kappa shape index (κ3) is 5.48. The lowest BCUT2D eigenvalue weighted by Crippen LogP contribution is -2.16. The normalized spacial score (nSPS) is 11.4. The van der Waals surface area contributed by atoms with Crippen LogP contribution in [0.2, 0.25) is 5.15 Å². The molecule has 4 rings (SSSR count). The zero-order chi connectivity index (χ0) is 27.4. The number of aromatic carboxylic acids is 1. The molecule has 0 saturated heterocycles. The van der Waals surface area contributed by atoms with Gasteiger partial charge < -0.3 is 5.11 Å². The number of carbonyl (C=O) groups is 1. The number of nitrogens with one attached hydrogen (secondary N) is 2. The first-order chi connectivity index (χ1) is 18.1. The molecule has 0 aliphatic carbocycles. The monoisotopic (exact) mass is 554 g/mol. The fourth-order valence-electron chi connectivity index (χ4n) is 3.45. The van der Waals surface area contributed by atoms with Crippen LogP contribution in [-0.4, -0.2) is 40.4 Å². The van der Waals surface area contributed by atoms with Gasteiger partial charge in [-0.15, -0.1) is 0 Å². The Bertz CT molecular complexity index is 1670. The molecule has 4 aromatic rings. The molecule has 1 heterocycles. The summed E-state index contributed by atoms with van der Waals surface area (Å²) in [6, 6.07) is 17.7. The van der Waals surface area contributed by atoms with Crippen LogP contribution in [-0.2, 0) is 10.0 Å². The second kappa shape index (κ2) is 10.7. The summed E-state index contributed by atoms with van der Waals surface area (Å²) in [7, 11) is -4.35. The van der Waals surface area contributed by atoms with Gasteiger partial charge in [-0.25, -0.2) is 17.9 Å². The SMILES string of the molecule is Cc1nn(-c2ccccc2)c(Cl)c1C=NNc1ccc(S(=O)(=O)Nc2ccccc2C(=O)O)cc1[N+](=O)[O-]. The van der Waals surface area contributed by atoms with E-state index < -0.39 is 31.5 Å². The molecular weight excluding hydrogens is 536 g/mol. The van der Waals surface area contributed by atoms with E-state index in [1.807, 2.05) is 30.3 Å². The highest BCUT2D eigenvalue weighted by molar-refractivity contribution is 7.92. The number of nitrogens with zero attached hydrogens (tertiary/aromatic N) is 4. The number of carboxylic acid groups (broad SMARTS) is 1. The summed E-state index contributed by atoms with van der Waals surface area (Å²) >= 11 is 6.46. The Balaban J connectivity index is 1.59. The molecule has 12 nitrogen and oxygen atoms in total. The Morgan fingerprint density at radius 1 is 1.11 bits per heavy atom. The molecule has 0 bridgehead atoms. The molecule has 3 aromatic carbocycles. The van der Waals surface area contributed by atoms with E-state index in [2.05, 4.69) is 20.3 Å². The van der Waals surface area contributed by atoms with E-state index in [4.69, 9.17) is 11.6 Å². The molecule has 194 valence electrons. The number of benzene rings is 3. The number of anilines is 2. The predicted octanol–water partition coefficient (Wildman–Crippen LogP) is 4.69. The lowest BCUT2D eigenvalue weighted by molar-refractivity contribution is -0.384. The van der Waals surface area contributed by atoms with Crippen molar-refractivity contribution in [2.75, 3.05) is 10.1 Å². The van der Waals surface area contributed by atoms with Crippen molar-refractivity contribution in [3.8, 4) is 5.69 Å². The third-order valence-corrected chi connectivity index (χ3v) is 7.03. The number of rotatable bonds is 9. The molecule has 0 atom stereocenters. The molecule has 1 aromatic heterocycles. The van der Waals surface area contributed by atoms with Gasteiger partial charge in [0, 0.05) is 6.07 Å². The Kier molecular flexibility index (Phi) is 7.41. The molecule has 38 heavy (non-hydrogen) atoms. The molecule has 0 radical (unpaired) electrons. The summed E-state index contributed by atoms with van der Waals surface area (Å²) in [5, 5.41) is 29.7. The highest BCUT2D eigenvalue weighted by atomic mass is 35.5. The molecule has 0 fully saturated rings. The number of aromatic nitrogens is 2. The van der Waals surface area contributed by atoms with Gasteiger partial charge in [-0.05, 0) is 43.3 Å². The van der Waals surface area contributed by atoms with Crippen molar-refractivity contribution in [3.63, 3.8) is 0 Å². The van der Waals surface area contributed by atoms with Crippen molar-refractivity contribution >= 4 is 50.9 Å². The quantitative estimate of drug-likeness (QED) is 0.152. The third-order valence-electron chi connectivity index (χ3n) is 5.31. The van der Waals surface area contributed by atoms with Crippen LogP contribution >= 0.6 is 11.6 Å². The van der Waals surface area contributed by atoms with Crippen LogP contribution in [0.4, 0.5) is 17.1 Å². The van der Waals surface area contributed by atoms with Gasteiger partial charge in [0.05, 0.1) is 44.2 Å². The largest absolute Gasteiger partial charge is 0.478 e. The Morgan fingerprint density at radius 3 is 2.47 bits per heavy atom. The molecule has 0 aliphatic heterocycles. The second-order valence-corrected chi connectivity index (χ2v) is 9.84. The number of para-hydroxylation sites is 2. The Labute approximate surface area is 221 Å². The second-order valence-electron chi connectivity index (χ2n) is 7.80. The van der Waals surface area contributed by atoms with Gasteiger partial charge >= 0.3 is 5.97 Å². The van der Waals surface area contributed by atoms with E-state index in [-0.39, 0.29) is 22.1 Å². The number of aryl methyl sites for hydroxylation is 1. The van der Waals surface area contributed by atoms with Crippen LogP contribution in [0.25, 0.3) is 5.69 Å². The minimum Gasteiger partial charge on any atom is -0.478 e. The minimum absolute atomic E-state index is 0.0830. The van der Waals surface area contributed by atoms with Crippen molar-refractivity contribution in [1.82, 2.24) is 9.78 Å². The first-order valence-corrected chi connectivity index (χ1v) is 12.7. The van der Waals surface area contributed by atoms with E-state index in [0.29, 0.717) is 11.3 Å². The number of nitro benzene ring substituents is 1. The highest BCUT2D eigenvalue weighted by Crippen LogP contribution is 2.29. The molecular formula is C24H19ClN6O6S. The highest BCUT2D eigenvalue weighted by Gasteiger charge is 2.23. The van der Waals surface area contributed by atoms with Crippen molar-refractivity contribution in [2.24, 2.45) is 5.10 Å². The van der Waals surface area contributed by atoms with E-state index in [1.165, 1.54) is 41.2 Å². The maximum absolute atomic E-state index is 12.9. The summed E-state index contributed by atoms with van der Waals surface area (Å²) in [4.78, 5) is 21.9.